The van der Waals surface area contributed by atoms with Crippen molar-refractivity contribution in [1.29, 1.82) is 0 Å². The van der Waals surface area contributed by atoms with Crippen LogP contribution in [0.5, 0.6) is 5.75 Å². The van der Waals surface area contributed by atoms with Gasteiger partial charge in [-0.05, 0) is 38.0 Å². The van der Waals surface area contributed by atoms with Crippen molar-refractivity contribution < 1.29 is 19.0 Å². The lowest BCUT2D eigenvalue weighted by molar-refractivity contribution is 0.0563. The lowest BCUT2D eigenvalue weighted by atomic mass is 9.86. The maximum Gasteiger partial charge on any atom is 0.317 e. The summed E-state index contributed by atoms with van der Waals surface area (Å²) in [5.74, 6) is 0.286. The lowest BCUT2D eigenvalue weighted by Gasteiger charge is -2.31. The highest BCUT2D eigenvalue weighted by Crippen LogP contribution is 2.27. The van der Waals surface area contributed by atoms with Crippen LogP contribution in [0.15, 0.2) is 18.2 Å². The molecule has 0 saturated heterocycles. The molecule has 5 nitrogen and oxygen atoms in total. The largest absolute Gasteiger partial charge is 0.496 e. The second kappa shape index (κ2) is 8.33. The zero-order valence-corrected chi connectivity index (χ0v) is 14.6. The number of rotatable bonds is 5. The van der Waals surface area contributed by atoms with Crippen LogP contribution in [0.4, 0.5) is 9.18 Å². The number of hydrogen-bond acceptors (Lipinski definition) is 3. The van der Waals surface area contributed by atoms with Crippen molar-refractivity contribution in [3.63, 3.8) is 0 Å². The van der Waals surface area contributed by atoms with Gasteiger partial charge in [-0.2, -0.15) is 0 Å². The van der Waals surface area contributed by atoms with Crippen LogP contribution >= 0.6 is 0 Å². The molecule has 2 rings (SSSR count). The molecular formula is C18H27FN2O3. The van der Waals surface area contributed by atoms with Crippen molar-refractivity contribution in [2.24, 2.45) is 5.92 Å². The van der Waals surface area contributed by atoms with Crippen LogP contribution in [-0.2, 0) is 0 Å². The molecule has 0 heterocycles. The van der Waals surface area contributed by atoms with E-state index >= 15 is 0 Å². The second-order valence-corrected chi connectivity index (χ2v) is 6.55. The van der Waals surface area contributed by atoms with Gasteiger partial charge in [-0.1, -0.05) is 12.8 Å². The number of ether oxygens (including phenoxy) is 1. The molecule has 6 heteroatoms. The number of benzene rings is 1. The normalized spacial score (nSPS) is 21.9. The third-order valence-corrected chi connectivity index (χ3v) is 4.72. The Kier molecular flexibility index (Phi) is 6.43. The lowest BCUT2D eigenvalue weighted by Crippen LogP contribution is -2.43. The van der Waals surface area contributed by atoms with E-state index in [1.807, 2.05) is 0 Å². The number of carbonyl (C=O) groups excluding carboxylic acids is 1. The van der Waals surface area contributed by atoms with Gasteiger partial charge in [-0.3, -0.25) is 0 Å². The Hall–Kier alpha value is -1.82. The number of aliphatic hydroxyl groups excluding tert-OH is 1. The van der Waals surface area contributed by atoms with Gasteiger partial charge in [0.25, 0.3) is 0 Å². The summed E-state index contributed by atoms with van der Waals surface area (Å²) in [5, 5.41) is 12.9. The molecule has 0 aliphatic heterocycles. The van der Waals surface area contributed by atoms with Crippen LogP contribution in [0.2, 0.25) is 0 Å². The Morgan fingerprint density at radius 1 is 1.46 bits per heavy atom. The molecule has 134 valence electrons. The summed E-state index contributed by atoms with van der Waals surface area (Å²) >= 11 is 0. The van der Waals surface area contributed by atoms with E-state index in [1.54, 1.807) is 24.9 Å². The predicted molar refractivity (Wildman–Crippen MR) is 90.5 cm³/mol. The molecule has 1 aliphatic rings. The van der Waals surface area contributed by atoms with E-state index in [0.717, 1.165) is 25.7 Å². The molecule has 24 heavy (non-hydrogen) atoms. The molecular weight excluding hydrogens is 311 g/mol. The van der Waals surface area contributed by atoms with Gasteiger partial charge in [0.15, 0.2) is 0 Å². The number of nitrogens with one attached hydrogen (secondary N) is 1. The first-order chi connectivity index (χ1) is 11.4. The van der Waals surface area contributed by atoms with Gasteiger partial charge in [-0.15, -0.1) is 0 Å². The Balaban J connectivity index is 1.96. The van der Waals surface area contributed by atoms with Crippen molar-refractivity contribution in [3.05, 3.63) is 29.6 Å². The van der Waals surface area contributed by atoms with E-state index in [0.29, 0.717) is 17.9 Å². The third kappa shape index (κ3) is 4.60. The molecule has 0 radical (unpaired) electrons. The predicted octanol–water partition coefficient (Wildman–Crippen LogP) is 3.09. The highest BCUT2D eigenvalue weighted by atomic mass is 19.1. The van der Waals surface area contributed by atoms with Gasteiger partial charge in [0, 0.05) is 25.1 Å². The van der Waals surface area contributed by atoms with E-state index < -0.39 is 0 Å². The minimum atomic E-state index is -0.387. The first-order valence-electron chi connectivity index (χ1n) is 8.45. The second-order valence-electron chi connectivity index (χ2n) is 6.55. The highest BCUT2D eigenvalue weighted by molar-refractivity contribution is 5.74. The summed E-state index contributed by atoms with van der Waals surface area (Å²) in [4.78, 5) is 14.0. The van der Waals surface area contributed by atoms with Crippen molar-refractivity contribution in [3.8, 4) is 5.75 Å². The molecule has 1 aliphatic carbocycles. The quantitative estimate of drug-likeness (QED) is 0.867. The van der Waals surface area contributed by atoms with Gasteiger partial charge < -0.3 is 20.1 Å². The molecule has 0 bridgehead atoms. The fourth-order valence-corrected chi connectivity index (χ4v) is 3.25. The molecule has 2 N–H and O–H groups in total. The summed E-state index contributed by atoms with van der Waals surface area (Å²) in [5.41, 5.74) is 0.594. The molecule has 1 saturated carbocycles. The number of nitrogens with zero attached hydrogens (tertiary/aromatic N) is 1. The van der Waals surface area contributed by atoms with Crippen LogP contribution in [0, 0.1) is 11.7 Å². The number of amides is 2. The minimum absolute atomic E-state index is 0.119. The number of urea groups is 1. The van der Waals surface area contributed by atoms with Gasteiger partial charge in [0.1, 0.15) is 11.6 Å². The van der Waals surface area contributed by atoms with Crippen LogP contribution in [0.3, 0.4) is 0 Å². The zero-order chi connectivity index (χ0) is 17.7. The monoisotopic (exact) mass is 338 g/mol. The van der Waals surface area contributed by atoms with Gasteiger partial charge >= 0.3 is 6.03 Å². The average molecular weight is 338 g/mol. The molecule has 0 spiro atoms. The van der Waals surface area contributed by atoms with Crippen LogP contribution in [0.25, 0.3) is 0 Å². The summed E-state index contributed by atoms with van der Waals surface area (Å²) in [6.07, 6.45) is 3.54. The Bertz CT molecular complexity index is 567. The van der Waals surface area contributed by atoms with E-state index in [1.165, 1.54) is 19.2 Å². The molecule has 3 atom stereocenters. The van der Waals surface area contributed by atoms with Crippen molar-refractivity contribution in [1.82, 2.24) is 10.2 Å². The Morgan fingerprint density at radius 2 is 2.17 bits per heavy atom. The van der Waals surface area contributed by atoms with Crippen LogP contribution in [-0.4, -0.2) is 42.8 Å². The topological polar surface area (TPSA) is 61.8 Å². The van der Waals surface area contributed by atoms with E-state index in [-0.39, 0.29) is 29.9 Å². The van der Waals surface area contributed by atoms with E-state index in [4.69, 9.17) is 4.74 Å². The van der Waals surface area contributed by atoms with E-state index in [9.17, 15) is 14.3 Å². The zero-order valence-electron chi connectivity index (χ0n) is 14.6. The highest BCUT2D eigenvalue weighted by Gasteiger charge is 2.26. The third-order valence-electron chi connectivity index (χ3n) is 4.72. The SMILES string of the molecule is COc1ccc(F)cc1[C@H](C)NC(=O)N(C)C[C@@H]1CCCC[C@@H]1O. The maximum atomic E-state index is 13.5. The van der Waals surface area contributed by atoms with Crippen molar-refractivity contribution in [2.45, 2.75) is 44.8 Å². The smallest absolute Gasteiger partial charge is 0.317 e. The van der Waals surface area contributed by atoms with Gasteiger partial charge in [-0.25, -0.2) is 9.18 Å². The Labute approximate surface area is 142 Å². The molecule has 2 amide bonds. The van der Waals surface area contributed by atoms with Crippen LogP contribution in [0.1, 0.15) is 44.2 Å². The van der Waals surface area contributed by atoms with Crippen molar-refractivity contribution >= 4 is 6.03 Å². The van der Waals surface area contributed by atoms with E-state index in [2.05, 4.69) is 5.32 Å². The summed E-state index contributed by atoms with van der Waals surface area (Å²) in [7, 11) is 3.23. The number of aliphatic hydroxyl groups is 1. The molecule has 1 fully saturated rings. The fourth-order valence-electron chi connectivity index (χ4n) is 3.25. The minimum Gasteiger partial charge on any atom is -0.496 e. The van der Waals surface area contributed by atoms with Gasteiger partial charge in [0.05, 0.1) is 19.3 Å². The summed E-state index contributed by atoms with van der Waals surface area (Å²) in [6.45, 7) is 2.30. The molecule has 0 unspecified atom stereocenters. The number of carbonyl (C=O) groups is 1. The summed E-state index contributed by atoms with van der Waals surface area (Å²) in [6, 6.07) is 3.62. The van der Waals surface area contributed by atoms with Crippen molar-refractivity contribution in [2.75, 3.05) is 20.7 Å². The average Bonchev–Trinajstić information content (AvgIpc) is 2.56. The first kappa shape index (κ1) is 18.5. The van der Waals surface area contributed by atoms with Gasteiger partial charge in [0.2, 0.25) is 0 Å². The molecule has 1 aromatic carbocycles. The number of methoxy groups -OCH3 is 1. The Morgan fingerprint density at radius 3 is 2.83 bits per heavy atom. The maximum absolute atomic E-state index is 13.5. The fraction of sp³-hybridized carbons (Fsp3) is 0.611. The molecule has 0 aromatic heterocycles. The molecule has 1 aromatic rings. The first-order valence-corrected chi connectivity index (χ1v) is 8.45. The number of hydrogen-bond donors (Lipinski definition) is 2. The number of halogens is 1. The van der Waals surface area contributed by atoms with Crippen LogP contribution < -0.4 is 10.1 Å². The standard InChI is InChI=1S/C18H27FN2O3/c1-12(15-10-14(19)8-9-17(15)24-3)20-18(23)21(2)11-13-6-4-5-7-16(13)22/h8-10,12-13,16,22H,4-7,11H2,1-3H3,(H,20,23)/t12-,13-,16-/m0/s1. The summed E-state index contributed by atoms with van der Waals surface area (Å²) < 4.78 is 18.7.